The van der Waals surface area contributed by atoms with Crippen LogP contribution in [0.25, 0.3) is 0 Å². The Morgan fingerprint density at radius 3 is 2.88 bits per heavy atom. The Kier molecular flexibility index (Phi) is 4.40. The average Bonchev–Trinajstić information content (AvgIpc) is 2.36. The minimum atomic E-state index is 0.719. The van der Waals surface area contributed by atoms with Crippen molar-refractivity contribution in [2.24, 2.45) is 0 Å². The first-order valence-electron chi connectivity index (χ1n) is 5.34. The van der Waals surface area contributed by atoms with Gasteiger partial charge in [0.05, 0.1) is 9.50 Å². The molecule has 0 fully saturated rings. The number of hydrogen-bond donors (Lipinski definition) is 1. The zero-order valence-electron chi connectivity index (χ0n) is 9.16. The molecule has 0 aliphatic carbocycles. The zero-order valence-corrected chi connectivity index (χ0v) is 11.5. The Labute approximate surface area is 114 Å². The second-order valence-electron chi connectivity index (χ2n) is 3.64. The third-order valence-corrected chi connectivity index (χ3v) is 3.80. The minimum absolute atomic E-state index is 0.719. The molecule has 0 radical (unpaired) electrons. The first-order valence-corrected chi connectivity index (χ1v) is 6.51. The predicted molar refractivity (Wildman–Crippen MR) is 75.6 cm³/mol. The molecule has 88 valence electrons. The molecule has 1 aromatic carbocycles. The van der Waals surface area contributed by atoms with Gasteiger partial charge in [0.1, 0.15) is 0 Å². The van der Waals surface area contributed by atoms with E-state index in [1.807, 2.05) is 30.5 Å². The Balaban J connectivity index is 1.93. The molecule has 0 bridgehead atoms. The van der Waals surface area contributed by atoms with Crippen molar-refractivity contribution >= 4 is 33.2 Å². The van der Waals surface area contributed by atoms with Gasteiger partial charge in [-0.2, -0.15) is 0 Å². The molecule has 0 aliphatic rings. The van der Waals surface area contributed by atoms with Gasteiger partial charge in [-0.25, -0.2) is 0 Å². The lowest BCUT2D eigenvalue weighted by Crippen LogP contribution is -2.05. The van der Waals surface area contributed by atoms with Crippen LogP contribution in [-0.2, 0) is 6.42 Å². The summed E-state index contributed by atoms with van der Waals surface area (Å²) < 4.78 is 0.910. The third kappa shape index (κ3) is 3.45. The molecule has 17 heavy (non-hydrogen) atoms. The van der Waals surface area contributed by atoms with Crippen LogP contribution in [0.2, 0.25) is 5.02 Å². The number of anilines is 1. The van der Waals surface area contributed by atoms with Gasteiger partial charge in [0.2, 0.25) is 0 Å². The van der Waals surface area contributed by atoms with Crippen LogP contribution in [0, 0.1) is 0 Å². The van der Waals surface area contributed by atoms with E-state index in [2.05, 4.69) is 32.3 Å². The first kappa shape index (κ1) is 12.4. The average molecular weight is 312 g/mol. The predicted octanol–water partition coefficient (Wildman–Crippen LogP) is 4.15. The molecule has 0 aliphatic heterocycles. The van der Waals surface area contributed by atoms with E-state index in [4.69, 9.17) is 11.6 Å². The summed E-state index contributed by atoms with van der Waals surface area (Å²) in [4.78, 5) is 4.08. The van der Waals surface area contributed by atoms with E-state index in [1.54, 1.807) is 6.20 Å². The van der Waals surface area contributed by atoms with Crippen molar-refractivity contribution in [3.05, 3.63) is 57.8 Å². The van der Waals surface area contributed by atoms with Crippen LogP contribution in [0.5, 0.6) is 0 Å². The van der Waals surface area contributed by atoms with Gasteiger partial charge >= 0.3 is 0 Å². The molecule has 0 amide bonds. The SMILES string of the molecule is Clc1cccc(NCCc2cccnc2)c1Br. The summed E-state index contributed by atoms with van der Waals surface area (Å²) in [5.74, 6) is 0. The Morgan fingerprint density at radius 2 is 2.12 bits per heavy atom. The summed E-state index contributed by atoms with van der Waals surface area (Å²) in [6.07, 6.45) is 4.60. The zero-order chi connectivity index (χ0) is 12.1. The molecule has 0 saturated heterocycles. The second kappa shape index (κ2) is 6.03. The Hall–Kier alpha value is -1.06. The molecule has 1 N–H and O–H groups in total. The van der Waals surface area contributed by atoms with Crippen molar-refractivity contribution in [3.8, 4) is 0 Å². The summed E-state index contributed by atoms with van der Waals surface area (Å²) in [5, 5.41) is 4.06. The highest BCUT2D eigenvalue weighted by Gasteiger charge is 2.02. The maximum atomic E-state index is 6.01. The highest BCUT2D eigenvalue weighted by Crippen LogP contribution is 2.29. The maximum Gasteiger partial charge on any atom is 0.0593 e. The first-order chi connectivity index (χ1) is 8.27. The van der Waals surface area contributed by atoms with Gasteiger partial charge < -0.3 is 5.32 Å². The summed E-state index contributed by atoms with van der Waals surface area (Å²) in [6.45, 7) is 0.852. The molecule has 0 atom stereocenters. The van der Waals surface area contributed by atoms with E-state index >= 15 is 0 Å². The fourth-order valence-corrected chi connectivity index (χ4v) is 2.11. The van der Waals surface area contributed by atoms with Gasteiger partial charge in [-0.05, 0) is 46.1 Å². The number of nitrogens with one attached hydrogen (secondary N) is 1. The van der Waals surface area contributed by atoms with Crippen molar-refractivity contribution in [3.63, 3.8) is 0 Å². The molecule has 1 heterocycles. The van der Waals surface area contributed by atoms with Crippen molar-refractivity contribution in [2.45, 2.75) is 6.42 Å². The van der Waals surface area contributed by atoms with Crippen LogP contribution >= 0.6 is 27.5 Å². The van der Waals surface area contributed by atoms with Crippen LogP contribution in [0.3, 0.4) is 0 Å². The van der Waals surface area contributed by atoms with E-state index in [-0.39, 0.29) is 0 Å². The summed E-state index contributed by atoms with van der Waals surface area (Å²) in [6, 6.07) is 9.81. The normalized spacial score (nSPS) is 10.2. The van der Waals surface area contributed by atoms with E-state index < -0.39 is 0 Å². The Morgan fingerprint density at radius 1 is 1.24 bits per heavy atom. The highest BCUT2D eigenvalue weighted by molar-refractivity contribution is 9.10. The van der Waals surface area contributed by atoms with Gasteiger partial charge in [0.25, 0.3) is 0 Å². The molecule has 2 rings (SSSR count). The van der Waals surface area contributed by atoms with Crippen LogP contribution < -0.4 is 5.32 Å². The van der Waals surface area contributed by atoms with Crippen molar-refractivity contribution in [1.29, 1.82) is 0 Å². The monoisotopic (exact) mass is 310 g/mol. The quantitative estimate of drug-likeness (QED) is 0.917. The van der Waals surface area contributed by atoms with Gasteiger partial charge in [-0.15, -0.1) is 0 Å². The topological polar surface area (TPSA) is 24.9 Å². The number of benzene rings is 1. The number of nitrogens with zero attached hydrogens (tertiary/aromatic N) is 1. The number of rotatable bonds is 4. The number of hydrogen-bond acceptors (Lipinski definition) is 2. The fraction of sp³-hybridized carbons (Fsp3) is 0.154. The molecule has 2 aromatic rings. The largest absolute Gasteiger partial charge is 0.384 e. The van der Waals surface area contributed by atoms with E-state index in [0.717, 1.165) is 28.1 Å². The number of pyridine rings is 1. The van der Waals surface area contributed by atoms with Crippen LogP contribution in [-0.4, -0.2) is 11.5 Å². The van der Waals surface area contributed by atoms with Crippen molar-refractivity contribution < 1.29 is 0 Å². The molecular weight excluding hydrogens is 300 g/mol. The van der Waals surface area contributed by atoms with Gasteiger partial charge in [-0.1, -0.05) is 23.7 Å². The van der Waals surface area contributed by atoms with Gasteiger partial charge in [0, 0.05) is 24.6 Å². The second-order valence-corrected chi connectivity index (χ2v) is 4.84. The number of halogens is 2. The summed E-state index contributed by atoms with van der Waals surface area (Å²) >= 11 is 9.47. The molecule has 2 nitrogen and oxygen atoms in total. The lowest BCUT2D eigenvalue weighted by Gasteiger charge is -2.09. The van der Waals surface area contributed by atoms with Crippen LogP contribution in [0.15, 0.2) is 47.2 Å². The molecule has 0 saturated carbocycles. The molecule has 0 unspecified atom stereocenters. The van der Waals surface area contributed by atoms with E-state index in [1.165, 1.54) is 5.56 Å². The molecule has 4 heteroatoms. The maximum absolute atomic E-state index is 6.01. The molecule has 1 aromatic heterocycles. The fourth-order valence-electron chi connectivity index (χ4n) is 1.53. The third-order valence-electron chi connectivity index (χ3n) is 2.40. The van der Waals surface area contributed by atoms with Crippen LogP contribution in [0.4, 0.5) is 5.69 Å². The number of aromatic nitrogens is 1. The van der Waals surface area contributed by atoms with Gasteiger partial charge in [0.15, 0.2) is 0 Å². The summed E-state index contributed by atoms with van der Waals surface area (Å²) in [7, 11) is 0. The van der Waals surface area contributed by atoms with Crippen molar-refractivity contribution in [2.75, 3.05) is 11.9 Å². The van der Waals surface area contributed by atoms with E-state index in [0.29, 0.717) is 0 Å². The lowest BCUT2D eigenvalue weighted by molar-refractivity contribution is 1.00. The molecular formula is C13H12BrClN2. The Bertz CT molecular complexity index is 488. The minimum Gasteiger partial charge on any atom is -0.384 e. The van der Waals surface area contributed by atoms with Crippen molar-refractivity contribution in [1.82, 2.24) is 4.98 Å². The van der Waals surface area contributed by atoms with E-state index in [9.17, 15) is 0 Å². The molecule has 0 spiro atoms. The lowest BCUT2D eigenvalue weighted by atomic mass is 10.2. The van der Waals surface area contributed by atoms with Gasteiger partial charge in [-0.3, -0.25) is 4.98 Å². The standard InChI is InChI=1S/C13H12BrClN2/c14-13-11(15)4-1-5-12(13)17-8-6-10-3-2-7-16-9-10/h1-5,7,9,17H,6,8H2. The smallest absolute Gasteiger partial charge is 0.0593 e. The summed E-state index contributed by atoms with van der Waals surface area (Å²) in [5.41, 5.74) is 2.24. The highest BCUT2D eigenvalue weighted by atomic mass is 79.9. The van der Waals surface area contributed by atoms with Crippen LogP contribution in [0.1, 0.15) is 5.56 Å².